The van der Waals surface area contributed by atoms with E-state index in [-0.39, 0.29) is 5.92 Å². The maximum absolute atomic E-state index is 6.19. The van der Waals surface area contributed by atoms with Crippen LogP contribution in [0.4, 0.5) is 0 Å². The van der Waals surface area contributed by atoms with E-state index in [9.17, 15) is 0 Å². The first kappa shape index (κ1) is 17.6. The Morgan fingerprint density at radius 1 is 1.04 bits per heavy atom. The fraction of sp³-hybridized carbons (Fsp3) is 0.364. The number of aryl methyl sites for hydroxylation is 1. The molecular formula is C22H28N2O. The zero-order valence-corrected chi connectivity index (χ0v) is 15.5. The van der Waals surface area contributed by atoms with E-state index in [0.717, 1.165) is 18.7 Å². The summed E-state index contributed by atoms with van der Waals surface area (Å²) in [5.74, 6) is 1.20. The van der Waals surface area contributed by atoms with Crippen LogP contribution in [0.25, 0.3) is 10.9 Å². The Hall–Kier alpha value is -2.26. The van der Waals surface area contributed by atoms with Crippen molar-refractivity contribution in [2.75, 3.05) is 13.2 Å². The highest BCUT2D eigenvalue weighted by Gasteiger charge is 2.20. The number of nitrogens with two attached hydrogens (primary N) is 1. The third-order valence-corrected chi connectivity index (χ3v) is 5.07. The van der Waals surface area contributed by atoms with Crippen LogP contribution in [0.5, 0.6) is 5.75 Å². The fourth-order valence-corrected chi connectivity index (χ4v) is 3.84. The molecule has 0 aliphatic rings. The quantitative estimate of drug-likeness (QED) is 0.682. The molecule has 1 unspecified atom stereocenters. The van der Waals surface area contributed by atoms with Crippen molar-refractivity contribution in [2.45, 2.75) is 39.7 Å². The Morgan fingerprint density at radius 3 is 2.48 bits per heavy atom. The lowest BCUT2D eigenvalue weighted by Gasteiger charge is -2.19. The lowest BCUT2D eigenvalue weighted by molar-refractivity contribution is 0.334. The molecule has 1 aromatic heterocycles. The molecule has 0 aliphatic carbocycles. The number of hydrogen-bond acceptors (Lipinski definition) is 2. The molecule has 0 radical (unpaired) electrons. The largest absolute Gasteiger partial charge is 0.494 e. The van der Waals surface area contributed by atoms with Crippen molar-refractivity contribution in [1.29, 1.82) is 0 Å². The van der Waals surface area contributed by atoms with Crippen LogP contribution in [0.1, 0.15) is 36.6 Å². The average Bonchev–Trinajstić information content (AvgIpc) is 2.91. The second-order valence-corrected chi connectivity index (χ2v) is 6.43. The van der Waals surface area contributed by atoms with E-state index in [0.29, 0.717) is 13.2 Å². The molecule has 3 heteroatoms. The van der Waals surface area contributed by atoms with Crippen molar-refractivity contribution < 1.29 is 4.74 Å². The van der Waals surface area contributed by atoms with Crippen molar-refractivity contribution in [3.8, 4) is 5.75 Å². The molecule has 1 atom stereocenters. The van der Waals surface area contributed by atoms with E-state index < -0.39 is 0 Å². The highest BCUT2D eigenvalue weighted by atomic mass is 16.5. The van der Waals surface area contributed by atoms with Gasteiger partial charge in [-0.15, -0.1) is 0 Å². The van der Waals surface area contributed by atoms with Gasteiger partial charge in [0.1, 0.15) is 5.75 Å². The zero-order chi connectivity index (χ0) is 17.8. The predicted octanol–water partition coefficient (Wildman–Crippen LogP) is 4.65. The zero-order valence-electron chi connectivity index (χ0n) is 15.5. The van der Waals surface area contributed by atoms with Crippen molar-refractivity contribution in [3.63, 3.8) is 0 Å². The minimum Gasteiger partial charge on any atom is -0.494 e. The SMILES string of the molecule is CCOc1ccccc1C(CN)Cc1c(C)n(CC)c2ccccc12. The van der Waals surface area contributed by atoms with Crippen LogP contribution in [-0.2, 0) is 13.0 Å². The van der Waals surface area contributed by atoms with Gasteiger partial charge < -0.3 is 15.0 Å². The van der Waals surface area contributed by atoms with Crippen molar-refractivity contribution in [1.82, 2.24) is 4.57 Å². The number of rotatable bonds is 7. The van der Waals surface area contributed by atoms with Crippen molar-refractivity contribution >= 4 is 10.9 Å². The van der Waals surface area contributed by atoms with Gasteiger partial charge in [-0.1, -0.05) is 36.4 Å². The normalized spacial score (nSPS) is 12.5. The number of benzene rings is 2. The van der Waals surface area contributed by atoms with Crippen LogP contribution in [0.2, 0.25) is 0 Å². The molecule has 0 aliphatic heterocycles. The van der Waals surface area contributed by atoms with Gasteiger partial charge in [0.2, 0.25) is 0 Å². The first-order chi connectivity index (χ1) is 12.2. The molecule has 0 amide bonds. The number of fused-ring (bicyclic) bond motifs is 1. The van der Waals surface area contributed by atoms with Gasteiger partial charge in [0.05, 0.1) is 6.61 Å². The molecule has 3 aromatic rings. The molecule has 132 valence electrons. The van der Waals surface area contributed by atoms with Gasteiger partial charge in [-0.2, -0.15) is 0 Å². The summed E-state index contributed by atoms with van der Waals surface area (Å²) in [5, 5.41) is 1.34. The summed E-state index contributed by atoms with van der Waals surface area (Å²) in [6.07, 6.45) is 0.930. The standard InChI is InChI=1S/C22H28N2O/c1-4-24-16(3)20(19-11-6-8-12-21(19)24)14-17(15-23)18-10-7-9-13-22(18)25-5-2/h6-13,17H,4-5,14-15,23H2,1-3H3. The average molecular weight is 336 g/mol. The Labute approximate surface area is 150 Å². The lowest BCUT2D eigenvalue weighted by atomic mass is 9.90. The number of nitrogens with zero attached hydrogens (tertiary/aromatic N) is 1. The van der Waals surface area contributed by atoms with Gasteiger partial charge in [0.15, 0.2) is 0 Å². The number of ether oxygens (including phenoxy) is 1. The van der Waals surface area contributed by atoms with Gasteiger partial charge in [0, 0.05) is 29.1 Å². The summed E-state index contributed by atoms with van der Waals surface area (Å²) in [4.78, 5) is 0. The summed E-state index contributed by atoms with van der Waals surface area (Å²) in [5.41, 5.74) is 11.5. The Kier molecular flexibility index (Phi) is 5.44. The highest BCUT2D eigenvalue weighted by molar-refractivity contribution is 5.85. The molecule has 0 spiro atoms. The van der Waals surface area contributed by atoms with Crippen LogP contribution in [0.3, 0.4) is 0 Å². The molecule has 3 nitrogen and oxygen atoms in total. The fourth-order valence-electron chi connectivity index (χ4n) is 3.84. The van der Waals surface area contributed by atoms with Gasteiger partial charge in [-0.25, -0.2) is 0 Å². The summed E-state index contributed by atoms with van der Waals surface area (Å²) < 4.78 is 8.24. The number of para-hydroxylation sites is 2. The number of hydrogen-bond donors (Lipinski definition) is 1. The highest BCUT2D eigenvalue weighted by Crippen LogP contribution is 2.33. The topological polar surface area (TPSA) is 40.2 Å². The molecule has 2 N–H and O–H groups in total. The summed E-state index contributed by atoms with van der Waals surface area (Å²) in [6.45, 7) is 8.70. The van der Waals surface area contributed by atoms with Gasteiger partial charge in [-0.3, -0.25) is 0 Å². The van der Waals surface area contributed by atoms with E-state index in [1.807, 2.05) is 19.1 Å². The molecular weight excluding hydrogens is 308 g/mol. The molecule has 25 heavy (non-hydrogen) atoms. The third-order valence-electron chi connectivity index (χ3n) is 5.07. The second kappa shape index (κ2) is 7.75. The predicted molar refractivity (Wildman–Crippen MR) is 105 cm³/mol. The van der Waals surface area contributed by atoms with E-state index in [1.165, 1.54) is 27.7 Å². The van der Waals surface area contributed by atoms with Crippen molar-refractivity contribution in [3.05, 3.63) is 65.4 Å². The maximum Gasteiger partial charge on any atom is 0.122 e. The smallest absolute Gasteiger partial charge is 0.122 e. The second-order valence-electron chi connectivity index (χ2n) is 6.43. The lowest BCUT2D eigenvalue weighted by Crippen LogP contribution is -2.16. The maximum atomic E-state index is 6.19. The molecule has 3 rings (SSSR count). The Balaban J connectivity index is 2.04. The summed E-state index contributed by atoms with van der Waals surface area (Å²) >= 11 is 0. The molecule has 0 bridgehead atoms. The van der Waals surface area contributed by atoms with Crippen LogP contribution in [0, 0.1) is 6.92 Å². The molecule has 0 saturated heterocycles. The van der Waals surface area contributed by atoms with Crippen LogP contribution in [0.15, 0.2) is 48.5 Å². The molecule has 0 fully saturated rings. The minimum absolute atomic E-state index is 0.248. The van der Waals surface area contributed by atoms with E-state index in [2.05, 4.69) is 54.8 Å². The first-order valence-electron chi connectivity index (χ1n) is 9.19. The molecule has 1 heterocycles. The van der Waals surface area contributed by atoms with Gasteiger partial charge in [-0.05, 0) is 57.0 Å². The molecule has 0 saturated carbocycles. The Bertz CT molecular complexity index is 850. The van der Waals surface area contributed by atoms with Crippen LogP contribution >= 0.6 is 0 Å². The van der Waals surface area contributed by atoms with E-state index in [4.69, 9.17) is 10.5 Å². The van der Waals surface area contributed by atoms with Crippen LogP contribution < -0.4 is 10.5 Å². The molecule has 2 aromatic carbocycles. The van der Waals surface area contributed by atoms with Gasteiger partial charge >= 0.3 is 0 Å². The first-order valence-corrected chi connectivity index (χ1v) is 9.19. The van der Waals surface area contributed by atoms with Crippen molar-refractivity contribution in [2.24, 2.45) is 5.73 Å². The monoisotopic (exact) mass is 336 g/mol. The van der Waals surface area contributed by atoms with Gasteiger partial charge in [0.25, 0.3) is 0 Å². The van der Waals surface area contributed by atoms with Crippen LogP contribution in [-0.4, -0.2) is 17.7 Å². The summed E-state index contributed by atoms with van der Waals surface area (Å²) in [6, 6.07) is 17.0. The Morgan fingerprint density at radius 2 is 1.76 bits per heavy atom. The van der Waals surface area contributed by atoms with E-state index in [1.54, 1.807) is 0 Å². The third kappa shape index (κ3) is 3.29. The van der Waals surface area contributed by atoms with E-state index >= 15 is 0 Å². The minimum atomic E-state index is 0.248. The number of aromatic nitrogens is 1. The summed E-state index contributed by atoms with van der Waals surface area (Å²) in [7, 11) is 0.